The van der Waals surface area contributed by atoms with Crippen molar-refractivity contribution >= 4 is 0 Å². The normalized spacial score (nSPS) is 14.8. The molecule has 2 nitrogen and oxygen atoms in total. The molecule has 0 aromatic heterocycles. The fraction of sp³-hybridized carbons (Fsp3) is 0.571. The Morgan fingerprint density at radius 1 is 1.31 bits per heavy atom. The Kier molecular flexibility index (Phi) is 4.97. The molecular formula is C14H22O2. The van der Waals surface area contributed by atoms with E-state index >= 15 is 0 Å². The van der Waals surface area contributed by atoms with Crippen LogP contribution < -0.4 is 0 Å². The van der Waals surface area contributed by atoms with Gasteiger partial charge < -0.3 is 9.84 Å². The molecule has 0 heterocycles. The van der Waals surface area contributed by atoms with Crippen molar-refractivity contribution in [2.45, 2.75) is 45.8 Å². The first-order valence-corrected chi connectivity index (χ1v) is 5.85. The van der Waals surface area contributed by atoms with Crippen LogP contribution in [-0.2, 0) is 11.2 Å². The Labute approximate surface area is 98.3 Å². The van der Waals surface area contributed by atoms with Crippen LogP contribution >= 0.6 is 0 Å². The Morgan fingerprint density at radius 3 is 2.56 bits per heavy atom. The highest BCUT2D eigenvalue weighted by molar-refractivity contribution is 5.31. The van der Waals surface area contributed by atoms with Crippen molar-refractivity contribution in [1.82, 2.24) is 0 Å². The number of rotatable bonds is 5. The second-order valence-electron chi connectivity index (χ2n) is 4.38. The third-order valence-electron chi connectivity index (χ3n) is 3.07. The summed E-state index contributed by atoms with van der Waals surface area (Å²) in [6, 6.07) is 6.34. The Balaban J connectivity index is 2.75. The van der Waals surface area contributed by atoms with E-state index in [2.05, 4.69) is 32.0 Å². The average Bonchev–Trinajstić information content (AvgIpc) is 2.25. The minimum absolute atomic E-state index is 0.0695. The van der Waals surface area contributed by atoms with Crippen LogP contribution in [0.4, 0.5) is 0 Å². The van der Waals surface area contributed by atoms with Gasteiger partial charge in [-0.25, -0.2) is 0 Å². The van der Waals surface area contributed by atoms with Crippen molar-refractivity contribution in [2.24, 2.45) is 0 Å². The predicted octanol–water partition coefficient (Wildman–Crippen LogP) is 2.63. The lowest BCUT2D eigenvalue weighted by molar-refractivity contribution is -0.0129. The molecule has 0 saturated heterocycles. The van der Waals surface area contributed by atoms with Gasteiger partial charge >= 0.3 is 0 Å². The smallest absolute Gasteiger partial charge is 0.0841 e. The number of aliphatic hydroxyl groups is 1. The van der Waals surface area contributed by atoms with Crippen LogP contribution in [0.1, 0.15) is 30.0 Å². The molecule has 0 aliphatic carbocycles. The van der Waals surface area contributed by atoms with E-state index in [-0.39, 0.29) is 6.10 Å². The molecule has 1 aromatic rings. The monoisotopic (exact) mass is 222 g/mol. The van der Waals surface area contributed by atoms with Crippen LogP contribution in [0, 0.1) is 13.8 Å². The van der Waals surface area contributed by atoms with Crippen LogP contribution in [0.5, 0.6) is 0 Å². The summed E-state index contributed by atoms with van der Waals surface area (Å²) in [6.07, 6.45) is 1.01. The highest BCUT2D eigenvalue weighted by atomic mass is 16.5. The van der Waals surface area contributed by atoms with E-state index in [1.807, 2.05) is 6.92 Å². The van der Waals surface area contributed by atoms with Gasteiger partial charge in [0, 0.05) is 13.5 Å². The molecule has 0 amide bonds. The number of aryl methyl sites for hydroxylation is 2. The summed E-state index contributed by atoms with van der Waals surface area (Å²) >= 11 is 0. The zero-order valence-electron chi connectivity index (χ0n) is 10.7. The Hall–Kier alpha value is -0.860. The topological polar surface area (TPSA) is 29.5 Å². The van der Waals surface area contributed by atoms with Gasteiger partial charge in [-0.1, -0.05) is 30.7 Å². The molecule has 16 heavy (non-hydrogen) atoms. The molecule has 0 bridgehead atoms. The molecule has 1 rings (SSSR count). The van der Waals surface area contributed by atoms with Gasteiger partial charge in [-0.05, 0) is 31.4 Å². The van der Waals surface area contributed by atoms with Gasteiger partial charge in [-0.15, -0.1) is 0 Å². The first-order chi connectivity index (χ1) is 7.58. The molecule has 0 aliphatic rings. The molecule has 0 spiro atoms. The van der Waals surface area contributed by atoms with E-state index in [1.165, 1.54) is 16.7 Å². The quantitative estimate of drug-likeness (QED) is 0.830. The third kappa shape index (κ3) is 3.32. The molecule has 1 aromatic carbocycles. The van der Waals surface area contributed by atoms with Gasteiger partial charge in [-0.2, -0.15) is 0 Å². The van der Waals surface area contributed by atoms with Crippen molar-refractivity contribution in [1.29, 1.82) is 0 Å². The largest absolute Gasteiger partial charge is 0.390 e. The third-order valence-corrected chi connectivity index (χ3v) is 3.07. The summed E-state index contributed by atoms with van der Waals surface area (Å²) in [5.41, 5.74) is 3.68. The molecule has 2 atom stereocenters. The van der Waals surface area contributed by atoms with Crippen LogP contribution in [-0.4, -0.2) is 24.4 Å². The fourth-order valence-corrected chi connectivity index (χ4v) is 1.97. The first-order valence-electron chi connectivity index (χ1n) is 5.85. The maximum absolute atomic E-state index is 10.1. The maximum atomic E-state index is 10.1. The predicted molar refractivity (Wildman–Crippen MR) is 66.7 cm³/mol. The van der Waals surface area contributed by atoms with Crippen molar-refractivity contribution in [3.63, 3.8) is 0 Å². The molecule has 0 aliphatic heterocycles. The molecule has 2 heteroatoms. The Bertz CT molecular complexity index is 330. The summed E-state index contributed by atoms with van der Waals surface area (Å²) < 4.78 is 5.25. The van der Waals surface area contributed by atoms with Crippen molar-refractivity contribution in [3.05, 3.63) is 34.9 Å². The molecule has 0 saturated carbocycles. The van der Waals surface area contributed by atoms with Gasteiger partial charge in [0.25, 0.3) is 0 Å². The van der Waals surface area contributed by atoms with Gasteiger partial charge in [0.2, 0.25) is 0 Å². The SMILES string of the molecule is CCC(OC)C(O)Cc1cc(C)ccc1C. The van der Waals surface area contributed by atoms with E-state index in [0.29, 0.717) is 6.42 Å². The number of aliphatic hydroxyl groups excluding tert-OH is 1. The minimum atomic E-state index is -0.421. The van der Waals surface area contributed by atoms with Gasteiger partial charge in [0.1, 0.15) is 0 Å². The van der Waals surface area contributed by atoms with E-state index < -0.39 is 6.10 Å². The standard InChI is InChI=1S/C14H22O2/c1-5-14(16-4)13(15)9-12-8-10(2)6-7-11(12)3/h6-8,13-15H,5,9H2,1-4H3. The lowest BCUT2D eigenvalue weighted by Gasteiger charge is -2.21. The molecule has 0 fully saturated rings. The minimum Gasteiger partial charge on any atom is -0.390 e. The van der Waals surface area contributed by atoms with E-state index in [1.54, 1.807) is 7.11 Å². The van der Waals surface area contributed by atoms with Gasteiger partial charge in [0.05, 0.1) is 12.2 Å². The number of methoxy groups -OCH3 is 1. The highest BCUT2D eigenvalue weighted by Crippen LogP contribution is 2.16. The van der Waals surface area contributed by atoms with E-state index in [9.17, 15) is 5.11 Å². The van der Waals surface area contributed by atoms with Crippen LogP contribution in [0.15, 0.2) is 18.2 Å². The summed E-state index contributed by atoms with van der Waals surface area (Å²) in [5.74, 6) is 0. The first kappa shape index (κ1) is 13.2. The number of benzene rings is 1. The summed E-state index contributed by atoms with van der Waals surface area (Å²) in [4.78, 5) is 0. The second kappa shape index (κ2) is 6.02. The molecular weight excluding hydrogens is 200 g/mol. The van der Waals surface area contributed by atoms with Crippen molar-refractivity contribution < 1.29 is 9.84 Å². The summed E-state index contributed by atoms with van der Waals surface area (Å²) in [7, 11) is 1.65. The lowest BCUT2D eigenvalue weighted by atomic mass is 9.97. The van der Waals surface area contributed by atoms with Gasteiger partial charge in [0.15, 0.2) is 0 Å². The summed E-state index contributed by atoms with van der Waals surface area (Å²) in [5, 5.41) is 10.1. The van der Waals surface area contributed by atoms with Crippen LogP contribution in [0.2, 0.25) is 0 Å². The molecule has 90 valence electrons. The van der Waals surface area contributed by atoms with E-state index in [4.69, 9.17) is 4.74 Å². The van der Waals surface area contributed by atoms with Crippen molar-refractivity contribution in [3.8, 4) is 0 Å². The molecule has 2 unspecified atom stereocenters. The number of hydrogen-bond acceptors (Lipinski definition) is 2. The van der Waals surface area contributed by atoms with Crippen molar-refractivity contribution in [2.75, 3.05) is 7.11 Å². The van der Waals surface area contributed by atoms with Gasteiger partial charge in [-0.3, -0.25) is 0 Å². The second-order valence-corrected chi connectivity index (χ2v) is 4.38. The highest BCUT2D eigenvalue weighted by Gasteiger charge is 2.17. The number of ether oxygens (including phenoxy) is 1. The van der Waals surface area contributed by atoms with Crippen LogP contribution in [0.25, 0.3) is 0 Å². The maximum Gasteiger partial charge on any atom is 0.0841 e. The Morgan fingerprint density at radius 2 is 2.00 bits per heavy atom. The van der Waals surface area contributed by atoms with Crippen LogP contribution in [0.3, 0.4) is 0 Å². The summed E-state index contributed by atoms with van der Waals surface area (Å²) in [6.45, 7) is 6.18. The lowest BCUT2D eigenvalue weighted by Crippen LogP contribution is -2.29. The van der Waals surface area contributed by atoms with E-state index in [0.717, 1.165) is 6.42 Å². The zero-order valence-corrected chi connectivity index (χ0v) is 10.7. The molecule has 0 radical (unpaired) electrons. The fourth-order valence-electron chi connectivity index (χ4n) is 1.97. The average molecular weight is 222 g/mol. The number of hydrogen-bond donors (Lipinski definition) is 1. The zero-order chi connectivity index (χ0) is 12.1. The molecule has 1 N–H and O–H groups in total.